The summed E-state index contributed by atoms with van der Waals surface area (Å²) < 4.78 is 0. The van der Waals surface area contributed by atoms with Crippen LogP contribution in [0.3, 0.4) is 0 Å². The number of benzene rings is 7. The molecule has 1 fully saturated rings. The van der Waals surface area contributed by atoms with Gasteiger partial charge in [-0.2, -0.15) is 0 Å². The van der Waals surface area contributed by atoms with E-state index in [1.807, 2.05) is 0 Å². The quantitative estimate of drug-likeness (QED) is 0.163. The Morgan fingerprint density at radius 1 is 0.346 bits per heavy atom. The smallest absolute Gasteiger partial charge is 0.252 e. The molecule has 4 aliphatic carbocycles. The molecule has 0 radical (unpaired) electrons. The zero-order valence-electron chi connectivity index (χ0n) is 52.5. The maximum Gasteiger partial charge on any atom is 0.252 e. The van der Waals surface area contributed by atoms with Gasteiger partial charge in [-0.1, -0.05) is 164 Å². The Morgan fingerprint density at radius 3 is 1.32 bits per heavy atom. The van der Waals surface area contributed by atoms with E-state index in [-0.39, 0.29) is 50.2 Å². The summed E-state index contributed by atoms with van der Waals surface area (Å²) in [7, 11) is 0. The lowest BCUT2D eigenvalue weighted by Gasteiger charge is -2.51. The Hall–Kier alpha value is -6.00. The SMILES string of the molecule is Cc1cc2c3c(c1)N(c1cc4c(cc1C)C(C)(C)CCC4(C)C)c1cc4c(cc1B3c1ccc(N3c5ccc(-c6ccccc6)cc5C5(C)CCCCC35C)cc1N2c1cc2c(cc1C)C(C)(C)CCC2(C)C)C(C)(C)CCC4(C)C. The van der Waals surface area contributed by atoms with Crippen molar-refractivity contribution in [3.05, 3.63) is 171 Å². The maximum atomic E-state index is 2.83. The zero-order chi connectivity index (χ0) is 57.1. The fourth-order valence-electron chi connectivity index (χ4n) is 17.7. The summed E-state index contributed by atoms with van der Waals surface area (Å²) in [5, 5.41) is 0. The first kappa shape index (κ1) is 53.0. The molecule has 4 heteroatoms. The summed E-state index contributed by atoms with van der Waals surface area (Å²) >= 11 is 0. The molecule has 0 saturated heterocycles. The van der Waals surface area contributed by atoms with Gasteiger partial charge in [-0.15, -0.1) is 0 Å². The van der Waals surface area contributed by atoms with Gasteiger partial charge < -0.3 is 14.7 Å². The van der Waals surface area contributed by atoms with E-state index in [2.05, 4.69) is 248 Å². The van der Waals surface area contributed by atoms with Crippen molar-refractivity contribution in [1.29, 1.82) is 0 Å². The molecule has 0 spiro atoms. The molecule has 81 heavy (non-hydrogen) atoms. The van der Waals surface area contributed by atoms with Crippen molar-refractivity contribution in [3.63, 3.8) is 0 Å². The van der Waals surface area contributed by atoms with Crippen molar-refractivity contribution in [3.8, 4) is 11.1 Å². The van der Waals surface area contributed by atoms with Gasteiger partial charge in [-0.05, 0) is 249 Å². The molecule has 0 bridgehead atoms. The van der Waals surface area contributed by atoms with Crippen molar-refractivity contribution in [2.24, 2.45) is 0 Å². The van der Waals surface area contributed by atoms with E-state index < -0.39 is 0 Å². The third kappa shape index (κ3) is 7.45. The lowest BCUT2D eigenvalue weighted by Crippen LogP contribution is -2.62. The van der Waals surface area contributed by atoms with Crippen LogP contribution in [-0.2, 0) is 37.9 Å². The van der Waals surface area contributed by atoms with Crippen LogP contribution in [0.5, 0.6) is 0 Å². The molecule has 0 N–H and O–H groups in total. The van der Waals surface area contributed by atoms with Crippen LogP contribution in [0.1, 0.15) is 217 Å². The van der Waals surface area contributed by atoms with Crippen molar-refractivity contribution >= 4 is 68.6 Å². The van der Waals surface area contributed by atoms with Crippen molar-refractivity contribution in [2.45, 2.75) is 225 Å². The van der Waals surface area contributed by atoms with E-state index in [0.29, 0.717) is 0 Å². The first-order valence-electron chi connectivity index (χ1n) is 31.5. The average Bonchev–Trinajstić information content (AvgIpc) is 3.73. The minimum atomic E-state index is -0.110. The van der Waals surface area contributed by atoms with Gasteiger partial charge in [0.2, 0.25) is 0 Å². The Kier molecular flexibility index (Phi) is 11.2. The van der Waals surface area contributed by atoms with Gasteiger partial charge in [0.15, 0.2) is 0 Å². The van der Waals surface area contributed by atoms with Gasteiger partial charge in [-0.3, -0.25) is 0 Å². The molecule has 0 aromatic heterocycles. The third-order valence-corrected chi connectivity index (χ3v) is 23.5. The van der Waals surface area contributed by atoms with E-state index in [1.165, 1.54) is 186 Å². The normalized spacial score (nSPS) is 24.2. The highest BCUT2D eigenvalue weighted by molar-refractivity contribution is 7.00. The largest absolute Gasteiger partial charge is 0.334 e. The minimum absolute atomic E-state index is 0.0156. The highest BCUT2D eigenvalue weighted by Gasteiger charge is 2.58. The molecular formula is C77H90BN3. The van der Waals surface area contributed by atoms with Gasteiger partial charge in [0, 0.05) is 50.9 Å². The fraction of sp³-hybridized carbons (Fsp3) is 0.455. The number of hydrogen-bond donors (Lipinski definition) is 0. The Bertz CT molecular complexity index is 3830. The summed E-state index contributed by atoms with van der Waals surface area (Å²) in [6.07, 6.45) is 11.9. The van der Waals surface area contributed by atoms with Crippen LogP contribution in [0.2, 0.25) is 0 Å². The van der Waals surface area contributed by atoms with E-state index >= 15 is 0 Å². The van der Waals surface area contributed by atoms with Crippen LogP contribution in [-0.4, -0.2) is 12.3 Å². The Labute approximate surface area is 488 Å². The molecule has 3 nitrogen and oxygen atoms in total. The third-order valence-electron chi connectivity index (χ3n) is 23.5. The van der Waals surface area contributed by atoms with Crippen molar-refractivity contribution in [2.75, 3.05) is 14.7 Å². The van der Waals surface area contributed by atoms with E-state index in [4.69, 9.17) is 0 Å². The van der Waals surface area contributed by atoms with Gasteiger partial charge in [-0.25, -0.2) is 0 Å². The van der Waals surface area contributed by atoms with Gasteiger partial charge in [0.05, 0.1) is 5.54 Å². The van der Waals surface area contributed by atoms with Crippen LogP contribution in [0, 0.1) is 20.8 Å². The summed E-state index contributed by atoms with van der Waals surface area (Å²) in [4.78, 5) is 8.39. The molecule has 0 amide bonds. The van der Waals surface area contributed by atoms with Gasteiger partial charge in [0.1, 0.15) is 0 Å². The molecular weight excluding hydrogens is 978 g/mol. The predicted molar refractivity (Wildman–Crippen MR) is 349 cm³/mol. The first-order valence-corrected chi connectivity index (χ1v) is 31.5. The minimum Gasteiger partial charge on any atom is -0.334 e. The molecule has 2 atom stereocenters. The standard InChI is InChI=1S/C77H90BN3/c1-47-37-67-69-68(38-47)80(64-45-57-54(40-49(64)3)71(6,7)32-35-74(57,12)13)66-46-58-55(72(8,9)33-36-75(58,14)15)43-61(66)78(69)60-27-26-52(42-65(60)79(67)63-44-56-53(39-48(63)2)70(4,5)31-34-73(56,10)11)81-62-28-25-51(50-23-19-18-20-24-50)41-59(62)76(16)29-21-22-30-77(76,81)17/h18-20,23-28,37-46H,21-22,29-36H2,1-17H3. The summed E-state index contributed by atoms with van der Waals surface area (Å²) in [5.74, 6) is 0. The molecule has 3 heterocycles. The summed E-state index contributed by atoms with van der Waals surface area (Å²) in [5.41, 5.74) is 32.4. The number of fused-ring (bicyclic) bond motifs is 10. The van der Waals surface area contributed by atoms with E-state index in [9.17, 15) is 0 Å². The topological polar surface area (TPSA) is 9.72 Å². The van der Waals surface area contributed by atoms with E-state index in [0.717, 1.165) is 6.42 Å². The Balaban J connectivity index is 1.08. The molecule has 7 aromatic rings. The Morgan fingerprint density at radius 2 is 0.802 bits per heavy atom. The number of aryl methyl sites for hydroxylation is 3. The number of nitrogens with zero attached hydrogens (tertiary/aromatic N) is 3. The second-order valence-corrected chi connectivity index (χ2v) is 31.4. The van der Waals surface area contributed by atoms with Gasteiger partial charge >= 0.3 is 0 Å². The average molecular weight is 1070 g/mol. The molecule has 2 unspecified atom stereocenters. The molecule has 1 saturated carbocycles. The monoisotopic (exact) mass is 1070 g/mol. The lowest BCUT2D eigenvalue weighted by atomic mass is 9.33. The predicted octanol–water partition coefficient (Wildman–Crippen LogP) is 19.2. The van der Waals surface area contributed by atoms with Crippen LogP contribution in [0.25, 0.3) is 11.1 Å². The number of anilines is 8. The fourth-order valence-corrected chi connectivity index (χ4v) is 17.7. The lowest BCUT2D eigenvalue weighted by molar-refractivity contribution is 0.195. The molecule has 416 valence electrons. The van der Waals surface area contributed by atoms with Gasteiger partial charge in [0.25, 0.3) is 6.71 Å². The molecule has 7 aliphatic rings. The highest BCUT2D eigenvalue weighted by Crippen LogP contribution is 2.62. The maximum absolute atomic E-state index is 2.83. The second kappa shape index (κ2) is 17.1. The molecule has 3 aliphatic heterocycles. The molecule has 7 aromatic carbocycles. The van der Waals surface area contributed by atoms with E-state index in [1.54, 1.807) is 0 Å². The first-order chi connectivity index (χ1) is 38.1. The van der Waals surface area contributed by atoms with Crippen LogP contribution >= 0.6 is 0 Å². The second-order valence-electron chi connectivity index (χ2n) is 31.4. The summed E-state index contributed by atoms with van der Waals surface area (Å²) in [6.45, 7) is 42.4. The van der Waals surface area contributed by atoms with Crippen molar-refractivity contribution < 1.29 is 0 Å². The van der Waals surface area contributed by atoms with Crippen LogP contribution in [0.4, 0.5) is 45.5 Å². The van der Waals surface area contributed by atoms with Crippen LogP contribution in [0.15, 0.2) is 115 Å². The summed E-state index contributed by atoms with van der Waals surface area (Å²) in [6, 6.07) is 47.5. The zero-order valence-corrected chi connectivity index (χ0v) is 52.5. The van der Waals surface area contributed by atoms with Crippen molar-refractivity contribution in [1.82, 2.24) is 0 Å². The number of rotatable bonds is 4. The highest BCUT2D eigenvalue weighted by atomic mass is 15.3. The van der Waals surface area contributed by atoms with Crippen LogP contribution < -0.4 is 31.1 Å². The molecule has 14 rings (SSSR count). The number of hydrogen-bond acceptors (Lipinski definition) is 3.